The Hall–Kier alpha value is -2.60. The molecule has 0 aliphatic carbocycles. The largest absolute Gasteiger partial charge is 0.467 e. The first-order valence-corrected chi connectivity index (χ1v) is 8.58. The maximum absolute atomic E-state index is 12.3. The predicted molar refractivity (Wildman–Crippen MR) is 94.8 cm³/mol. The second-order valence-electron chi connectivity index (χ2n) is 6.26. The lowest BCUT2D eigenvalue weighted by Gasteiger charge is -2.30. The summed E-state index contributed by atoms with van der Waals surface area (Å²) >= 11 is 0. The number of piperidine rings is 1. The van der Waals surface area contributed by atoms with Gasteiger partial charge in [-0.15, -0.1) is 0 Å². The van der Waals surface area contributed by atoms with Gasteiger partial charge in [-0.25, -0.2) is 0 Å². The first kappa shape index (κ1) is 17.2. The van der Waals surface area contributed by atoms with Crippen LogP contribution in [0.4, 0.5) is 5.69 Å². The number of hydrogen-bond acceptors (Lipinski definition) is 4. The summed E-state index contributed by atoms with van der Waals surface area (Å²) in [5.74, 6) is 0.781. The number of rotatable bonds is 6. The Labute approximate surface area is 147 Å². The van der Waals surface area contributed by atoms with E-state index in [1.807, 2.05) is 36.4 Å². The van der Waals surface area contributed by atoms with E-state index in [2.05, 4.69) is 15.5 Å². The normalized spacial score (nSPS) is 15.7. The quantitative estimate of drug-likeness (QED) is 0.845. The van der Waals surface area contributed by atoms with Crippen LogP contribution in [0.25, 0.3) is 0 Å². The molecule has 0 saturated carbocycles. The zero-order valence-electron chi connectivity index (χ0n) is 14.1. The van der Waals surface area contributed by atoms with Gasteiger partial charge in [0, 0.05) is 11.6 Å². The molecule has 2 N–H and O–H groups in total. The van der Waals surface area contributed by atoms with Gasteiger partial charge >= 0.3 is 0 Å². The molecule has 25 heavy (non-hydrogen) atoms. The monoisotopic (exact) mass is 341 g/mol. The Balaban J connectivity index is 1.38. The Morgan fingerprint density at radius 3 is 2.52 bits per heavy atom. The summed E-state index contributed by atoms with van der Waals surface area (Å²) in [4.78, 5) is 26.4. The van der Waals surface area contributed by atoms with Gasteiger partial charge in [0.05, 0.1) is 19.4 Å². The fourth-order valence-electron chi connectivity index (χ4n) is 2.98. The minimum absolute atomic E-state index is 0.00244. The molecule has 0 bridgehead atoms. The number of carbonyl (C=O) groups is 2. The van der Waals surface area contributed by atoms with Crippen molar-refractivity contribution in [1.29, 1.82) is 0 Å². The van der Waals surface area contributed by atoms with Crippen molar-refractivity contribution in [3.8, 4) is 0 Å². The number of para-hydroxylation sites is 1. The summed E-state index contributed by atoms with van der Waals surface area (Å²) in [5, 5.41) is 5.80. The third-order valence-electron chi connectivity index (χ3n) is 4.41. The van der Waals surface area contributed by atoms with Crippen LogP contribution in [-0.4, -0.2) is 36.3 Å². The second kappa shape index (κ2) is 8.48. The van der Waals surface area contributed by atoms with Crippen LogP contribution in [0.15, 0.2) is 53.1 Å². The van der Waals surface area contributed by atoms with Crippen molar-refractivity contribution in [2.45, 2.75) is 19.4 Å². The molecule has 0 spiro atoms. The number of hydrogen-bond donors (Lipinski definition) is 2. The fourth-order valence-corrected chi connectivity index (χ4v) is 2.98. The summed E-state index contributed by atoms with van der Waals surface area (Å²) in [6.07, 6.45) is 3.13. The molecule has 1 aliphatic heterocycles. The minimum atomic E-state index is -0.0245. The van der Waals surface area contributed by atoms with Crippen LogP contribution in [0.5, 0.6) is 0 Å². The molecular weight excluding hydrogens is 318 g/mol. The number of anilines is 1. The predicted octanol–water partition coefficient (Wildman–Crippen LogP) is 2.25. The molecule has 0 unspecified atom stereocenters. The van der Waals surface area contributed by atoms with Gasteiger partial charge in [-0.3, -0.25) is 14.5 Å². The van der Waals surface area contributed by atoms with Crippen molar-refractivity contribution in [2.75, 3.05) is 25.0 Å². The second-order valence-corrected chi connectivity index (χ2v) is 6.26. The Morgan fingerprint density at radius 2 is 1.84 bits per heavy atom. The Kier molecular flexibility index (Phi) is 5.85. The van der Waals surface area contributed by atoms with Gasteiger partial charge < -0.3 is 15.1 Å². The van der Waals surface area contributed by atoms with E-state index in [4.69, 9.17) is 4.42 Å². The minimum Gasteiger partial charge on any atom is -0.467 e. The van der Waals surface area contributed by atoms with E-state index in [1.165, 1.54) is 0 Å². The summed E-state index contributed by atoms with van der Waals surface area (Å²) < 4.78 is 5.19. The van der Waals surface area contributed by atoms with Crippen molar-refractivity contribution < 1.29 is 14.0 Å². The fraction of sp³-hybridized carbons (Fsp3) is 0.368. The van der Waals surface area contributed by atoms with E-state index in [-0.39, 0.29) is 17.7 Å². The topological polar surface area (TPSA) is 74.6 Å². The van der Waals surface area contributed by atoms with Crippen LogP contribution >= 0.6 is 0 Å². The highest BCUT2D eigenvalue weighted by atomic mass is 16.3. The summed E-state index contributed by atoms with van der Waals surface area (Å²) in [6.45, 7) is 2.26. The number of nitrogens with zero attached hydrogens (tertiary/aromatic N) is 1. The molecule has 2 aromatic rings. The van der Waals surface area contributed by atoms with Crippen LogP contribution in [0, 0.1) is 5.92 Å². The molecule has 1 fully saturated rings. The maximum Gasteiger partial charge on any atom is 0.234 e. The van der Waals surface area contributed by atoms with Crippen LogP contribution in [-0.2, 0) is 16.1 Å². The average Bonchev–Trinajstić information content (AvgIpc) is 3.15. The van der Waals surface area contributed by atoms with Crippen LogP contribution in [0.1, 0.15) is 18.6 Å². The van der Waals surface area contributed by atoms with Gasteiger partial charge in [0.25, 0.3) is 0 Å². The number of nitrogens with one attached hydrogen (secondary N) is 2. The third kappa shape index (κ3) is 5.19. The highest BCUT2D eigenvalue weighted by Crippen LogP contribution is 2.19. The number of benzene rings is 1. The zero-order valence-corrected chi connectivity index (χ0v) is 14.1. The van der Waals surface area contributed by atoms with E-state index < -0.39 is 0 Å². The van der Waals surface area contributed by atoms with E-state index in [1.54, 1.807) is 12.3 Å². The van der Waals surface area contributed by atoms with E-state index in [0.29, 0.717) is 13.1 Å². The highest BCUT2D eigenvalue weighted by molar-refractivity contribution is 5.92. The Morgan fingerprint density at radius 1 is 1.08 bits per heavy atom. The lowest BCUT2D eigenvalue weighted by molar-refractivity contribution is -0.123. The maximum atomic E-state index is 12.3. The molecular formula is C19H23N3O3. The molecule has 1 saturated heterocycles. The molecule has 6 nitrogen and oxygen atoms in total. The molecule has 2 heterocycles. The number of likely N-dealkylation sites (tertiary alicyclic amines) is 1. The van der Waals surface area contributed by atoms with Crippen LogP contribution < -0.4 is 10.6 Å². The summed E-state index contributed by atoms with van der Waals surface area (Å²) in [5.41, 5.74) is 0.826. The van der Waals surface area contributed by atoms with Gasteiger partial charge in [0.15, 0.2) is 0 Å². The first-order valence-electron chi connectivity index (χ1n) is 8.58. The summed E-state index contributed by atoms with van der Waals surface area (Å²) in [7, 11) is 0. The number of furan rings is 1. The van der Waals surface area contributed by atoms with Gasteiger partial charge in [0.2, 0.25) is 11.8 Å². The van der Waals surface area contributed by atoms with Gasteiger partial charge in [0.1, 0.15) is 5.76 Å². The van der Waals surface area contributed by atoms with Crippen LogP contribution in [0.2, 0.25) is 0 Å². The lowest BCUT2D eigenvalue weighted by Crippen LogP contribution is -2.43. The van der Waals surface area contributed by atoms with E-state index in [0.717, 1.165) is 37.4 Å². The van der Waals surface area contributed by atoms with Crippen molar-refractivity contribution >= 4 is 17.5 Å². The summed E-state index contributed by atoms with van der Waals surface area (Å²) in [6, 6.07) is 13.1. The van der Waals surface area contributed by atoms with Crippen molar-refractivity contribution in [3.05, 3.63) is 54.5 Å². The lowest BCUT2D eigenvalue weighted by atomic mass is 9.96. The van der Waals surface area contributed by atoms with Gasteiger partial charge in [-0.2, -0.15) is 0 Å². The molecule has 2 amide bonds. The van der Waals surface area contributed by atoms with Crippen molar-refractivity contribution in [3.63, 3.8) is 0 Å². The smallest absolute Gasteiger partial charge is 0.234 e. The van der Waals surface area contributed by atoms with E-state index >= 15 is 0 Å². The highest BCUT2D eigenvalue weighted by Gasteiger charge is 2.25. The van der Waals surface area contributed by atoms with Gasteiger partial charge in [-0.05, 0) is 50.2 Å². The van der Waals surface area contributed by atoms with Crippen LogP contribution in [0.3, 0.4) is 0 Å². The molecule has 1 aromatic heterocycles. The Bertz CT molecular complexity index is 677. The number of amides is 2. The van der Waals surface area contributed by atoms with Crippen molar-refractivity contribution in [2.24, 2.45) is 5.92 Å². The molecule has 3 rings (SSSR count). The number of carbonyl (C=O) groups excluding carboxylic acids is 2. The molecule has 0 radical (unpaired) electrons. The SMILES string of the molecule is O=C(CN1CCC(C(=O)Nc2ccccc2)CC1)NCc1ccco1. The molecule has 132 valence electrons. The van der Waals surface area contributed by atoms with E-state index in [9.17, 15) is 9.59 Å². The molecule has 1 aromatic carbocycles. The molecule has 1 aliphatic rings. The van der Waals surface area contributed by atoms with Gasteiger partial charge in [-0.1, -0.05) is 18.2 Å². The third-order valence-corrected chi connectivity index (χ3v) is 4.41. The molecule has 0 atom stereocenters. The average molecular weight is 341 g/mol. The first-order chi connectivity index (χ1) is 12.2. The van der Waals surface area contributed by atoms with Crippen molar-refractivity contribution in [1.82, 2.24) is 10.2 Å². The standard InChI is InChI=1S/C19H23N3O3/c23-18(20-13-17-7-4-12-25-17)14-22-10-8-15(9-11-22)19(24)21-16-5-2-1-3-6-16/h1-7,12,15H,8-11,13-14H2,(H,20,23)(H,21,24). The molecule has 6 heteroatoms. The zero-order chi connectivity index (χ0) is 17.5.